The number of ether oxygens (including phenoxy) is 1. The number of rotatable bonds is 4. The van der Waals surface area contributed by atoms with Gasteiger partial charge in [0.05, 0.1) is 39.5 Å². The van der Waals surface area contributed by atoms with Crippen molar-refractivity contribution in [3.05, 3.63) is 63.6 Å². The van der Waals surface area contributed by atoms with E-state index in [9.17, 15) is 8.42 Å². The van der Waals surface area contributed by atoms with Gasteiger partial charge < -0.3 is 9.64 Å². The molecule has 1 aliphatic heterocycles. The molecule has 0 unspecified atom stereocenters. The van der Waals surface area contributed by atoms with E-state index < -0.39 is 9.84 Å². The van der Waals surface area contributed by atoms with Crippen LogP contribution >= 0.6 is 22.9 Å². The zero-order valence-electron chi connectivity index (χ0n) is 14.5. The smallest absolute Gasteiger partial charge is 0.185 e. The van der Waals surface area contributed by atoms with Gasteiger partial charge in [-0.15, -0.1) is 11.3 Å². The van der Waals surface area contributed by atoms with Crippen molar-refractivity contribution < 1.29 is 13.2 Å². The summed E-state index contributed by atoms with van der Waals surface area (Å²) in [7, 11) is -3.53. The maximum absolute atomic E-state index is 12.7. The monoisotopic (exact) mass is 431 g/mol. The highest BCUT2D eigenvalue weighted by Gasteiger charge is 2.25. The first-order valence-corrected chi connectivity index (χ1v) is 11.2. The molecule has 2 heterocycles. The van der Waals surface area contributed by atoms with Gasteiger partial charge in [-0.3, -0.25) is 0 Å². The molecule has 0 saturated carbocycles. The summed E-state index contributed by atoms with van der Waals surface area (Å²) in [5.41, 5.74) is 1.94. The summed E-state index contributed by atoms with van der Waals surface area (Å²) in [4.78, 5) is 6.20. The maximum Gasteiger partial charge on any atom is 0.185 e. The normalized spacial score (nSPS) is 13.5. The first-order chi connectivity index (χ1) is 13.5. The van der Waals surface area contributed by atoms with Crippen molar-refractivity contribution in [3.8, 4) is 11.8 Å². The minimum atomic E-state index is -3.53. The number of anilines is 2. The van der Waals surface area contributed by atoms with Gasteiger partial charge in [0.25, 0.3) is 0 Å². The number of sulfone groups is 1. The minimum Gasteiger partial charge on any atom is -0.489 e. The van der Waals surface area contributed by atoms with Gasteiger partial charge in [-0.25, -0.2) is 13.4 Å². The quantitative estimate of drug-likeness (QED) is 0.616. The van der Waals surface area contributed by atoms with E-state index >= 15 is 0 Å². The molecular weight excluding hydrogens is 418 g/mol. The Morgan fingerprint density at radius 1 is 1.25 bits per heavy atom. The van der Waals surface area contributed by atoms with E-state index in [0.29, 0.717) is 34.5 Å². The summed E-state index contributed by atoms with van der Waals surface area (Å²) in [5, 5.41) is 11.8. The average molecular weight is 432 g/mol. The maximum atomic E-state index is 12.7. The van der Waals surface area contributed by atoms with Crippen molar-refractivity contribution in [2.75, 3.05) is 18.1 Å². The zero-order valence-corrected chi connectivity index (χ0v) is 16.9. The number of hydrogen-bond donors (Lipinski definition) is 0. The summed E-state index contributed by atoms with van der Waals surface area (Å²) in [6.07, 6.45) is 1.59. The summed E-state index contributed by atoms with van der Waals surface area (Å²) >= 11 is 7.66. The van der Waals surface area contributed by atoms with Crippen molar-refractivity contribution in [1.29, 1.82) is 5.26 Å². The second-order valence-electron chi connectivity index (χ2n) is 6.09. The molecule has 1 aliphatic rings. The molecule has 0 bridgehead atoms. The van der Waals surface area contributed by atoms with Crippen LogP contribution in [0.1, 0.15) is 10.6 Å². The third-order valence-corrected chi connectivity index (χ3v) is 7.21. The Kier molecular flexibility index (Phi) is 4.98. The summed E-state index contributed by atoms with van der Waals surface area (Å²) in [6, 6.07) is 12.0. The van der Waals surface area contributed by atoms with Crippen molar-refractivity contribution in [1.82, 2.24) is 4.98 Å². The van der Waals surface area contributed by atoms with Crippen molar-refractivity contribution in [2.24, 2.45) is 0 Å². The number of aromatic nitrogens is 1. The van der Waals surface area contributed by atoms with Crippen LogP contribution in [-0.2, 0) is 15.6 Å². The highest BCUT2D eigenvalue weighted by atomic mass is 35.5. The molecule has 1 aromatic heterocycles. The van der Waals surface area contributed by atoms with Gasteiger partial charge in [-0.1, -0.05) is 11.6 Å². The highest BCUT2D eigenvalue weighted by Crippen LogP contribution is 2.41. The van der Waals surface area contributed by atoms with Crippen LogP contribution in [0.15, 0.2) is 52.9 Å². The lowest BCUT2D eigenvalue weighted by Gasteiger charge is -2.32. The topological polar surface area (TPSA) is 83.3 Å². The molecule has 2 aromatic carbocycles. The van der Waals surface area contributed by atoms with E-state index in [4.69, 9.17) is 21.6 Å². The summed E-state index contributed by atoms with van der Waals surface area (Å²) in [6.45, 7) is 0.948. The molecule has 0 radical (unpaired) electrons. The lowest BCUT2D eigenvalue weighted by molar-refractivity contribution is 0.313. The van der Waals surface area contributed by atoms with Crippen LogP contribution in [0, 0.1) is 11.3 Å². The van der Waals surface area contributed by atoms with Crippen LogP contribution in [0.3, 0.4) is 0 Å². The number of hydrogen-bond acceptors (Lipinski definition) is 7. The molecule has 28 heavy (non-hydrogen) atoms. The standard InChI is InChI=1S/C19H14ClN3O3S2/c20-15-9-13(11-21)1-3-16(15)23-6-7-26-18-10-14(2-4-17(18)23)28(24,25)12-19-22-5-8-27-19/h1-5,8-10H,6-7,12H2. The van der Waals surface area contributed by atoms with Gasteiger partial charge in [0.1, 0.15) is 23.1 Å². The van der Waals surface area contributed by atoms with E-state index in [-0.39, 0.29) is 10.6 Å². The summed E-state index contributed by atoms with van der Waals surface area (Å²) < 4.78 is 31.1. The van der Waals surface area contributed by atoms with Crippen LogP contribution in [0.2, 0.25) is 5.02 Å². The molecule has 0 fully saturated rings. The minimum absolute atomic E-state index is 0.144. The zero-order chi connectivity index (χ0) is 19.7. The van der Waals surface area contributed by atoms with E-state index in [0.717, 1.165) is 11.4 Å². The number of nitriles is 1. The molecular formula is C19H14ClN3O3S2. The molecule has 3 aromatic rings. The fourth-order valence-electron chi connectivity index (χ4n) is 3.01. The largest absolute Gasteiger partial charge is 0.489 e. The van der Waals surface area contributed by atoms with E-state index in [1.807, 2.05) is 4.90 Å². The van der Waals surface area contributed by atoms with Gasteiger partial charge in [0, 0.05) is 17.6 Å². The van der Waals surface area contributed by atoms with Crippen LogP contribution in [0.4, 0.5) is 11.4 Å². The number of nitrogens with zero attached hydrogens (tertiary/aromatic N) is 3. The number of benzene rings is 2. The van der Waals surface area contributed by atoms with Crippen LogP contribution in [0.25, 0.3) is 0 Å². The van der Waals surface area contributed by atoms with Crippen molar-refractivity contribution in [3.63, 3.8) is 0 Å². The van der Waals surface area contributed by atoms with Crippen molar-refractivity contribution in [2.45, 2.75) is 10.6 Å². The van der Waals surface area contributed by atoms with Crippen LogP contribution < -0.4 is 9.64 Å². The van der Waals surface area contributed by atoms with Crippen LogP contribution in [0.5, 0.6) is 5.75 Å². The number of fused-ring (bicyclic) bond motifs is 1. The molecule has 142 valence electrons. The predicted octanol–water partition coefficient (Wildman–Crippen LogP) is 4.17. The Bertz CT molecular complexity index is 1170. The van der Waals surface area contributed by atoms with Gasteiger partial charge in [-0.2, -0.15) is 5.26 Å². The van der Waals surface area contributed by atoms with Gasteiger partial charge in [0.2, 0.25) is 0 Å². The van der Waals surface area contributed by atoms with Crippen molar-refractivity contribution >= 4 is 44.1 Å². The fraction of sp³-hybridized carbons (Fsp3) is 0.158. The lowest BCUT2D eigenvalue weighted by atomic mass is 10.1. The first-order valence-electron chi connectivity index (χ1n) is 8.33. The first kappa shape index (κ1) is 18.7. The molecule has 0 amide bonds. The van der Waals surface area contributed by atoms with E-state index in [2.05, 4.69) is 11.1 Å². The molecule has 4 rings (SSSR count). The van der Waals surface area contributed by atoms with Gasteiger partial charge in [0.15, 0.2) is 9.84 Å². The second-order valence-corrected chi connectivity index (χ2v) is 9.47. The van der Waals surface area contributed by atoms with Gasteiger partial charge in [-0.05, 0) is 30.3 Å². The molecule has 0 saturated heterocycles. The predicted molar refractivity (Wildman–Crippen MR) is 108 cm³/mol. The Morgan fingerprint density at radius 2 is 2.07 bits per heavy atom. The van der Waals surface area contributed by atoms with E-state index in [1.165, 1.54) is 11.3 Å². The number of halogens is 1. The Balaban J connectivity index is 1.69. The average Bonchev–Trinajstić information content (AvgIpc) is 3.19. The third kappa shape index (κ3) is 3.56. The Hall–Kier alpha value is -2.60. The SMILES string of the molecule is N#Cc1ccc(N2CCOc3cc(S(=O)(=O)Cc4nccs4)ccc32)c(Cl)c1. The summed E-state index contributed by atoms with van der Waals surface area (Å²) in [5.74, 6) is 0.334. The fourth-order valence-corrected chi connectivity index (χ4v) is 5.56. The Morgan fingerprint density at radius 3 is 2.79 bits per heavy atom. The highest BCUT2D eigenvalue weighted by molar-refractivity contribution is 7.90. The Labute approximate surface area is 171 Å². The molecule has 0 aliphatic carbocycles. The molecule has 0 spiro atoms. The number of thiazole rings is 1. The molecule has 0 N–H and O–H groups in total. The molecule has 9 heteroatoms. The lowest BCUT2D eigenvalue weighted by Crippen LogP contribution is -2.29. The second kappa shape index (κ2) is 7.43. The van der Waals surface area contributed by atoms with Gasteiger partial charge >= 0.3 is 0 Å². The van der Waals surface area contributed by atoms with Crippen LogP contribution in [-0.4, -0.2) is 26.6 Å². The molecule has 0 atom stereocenters. The molecule has 6 nitrogen and oxygen atoms in total. The third-order valence-electron chi connectivity index (χ3n) is 4.32. The van der Waals surface area contributed by atoms with E-state index in [1.54, 1.807) is 48.0 Å².